The number of hydrogen-bond donors (Lipinski definition) is 0. The van der Waals surface area contributed by atoms with Gasteiger partial charge in [-0.15, -0.1) is 0 Å². The summed E-state index contributed by atoms with van der Waals surface area (Å²) in [6.45, 7) is 2.31. The molecule has 1 atom stereocenters. The van der Waals surface area contributed by atoms with Crippen LogP contribution in [0.2, 0.25) is 0 Å². The van der Waals surface area contributed by atoms with Gasteiger partial charge in [-0.25, -0.2) is 0 Å². The van der Waals surface area contributed by atoms with Gasteiger partial charge in [-0.2, -0.15) is 11.3 Å². The van der Waals surface area contributed by atoms with Crippen molar-refractivity contribution in [1.82, 2.24) is 0 Å². The SMILES string of the molecule is CC1C=CC(c2ccsc2)=C1c1cccc2c1Cc1ccccc1-2. The highest BCUT2D eigenvalue weighted by Crippen LogP contribution is 2.45. The van der Waals surface area contributed by atoms with Crippen molar-refractivity contribution >= 4 is 22.5 Å². The minimum absolute atomic E-state index is 0.468. The minimum atomic E-state index is 0.468. The fraction of sp³-hybridized carbons (Fsp3) is 0.130. The summed E-state index contributed by atoms with van der Waals surface area (Å²) in [5.41, 5.74) is 11.4. The van der Waals surface area contributed by atoms with E-state index in [0.717, 1.165) is 6.42 Å². The molecule has 0 N–H and O–H groups in total. The van der Waals surface area contributed by atoms with E-state index in [9.17, 15) is 0 Å². The second kappa shape index (κ2) is 5.32. The zero-order valence-electron chi connectivity index (χ0n) is 13.6. The number of allylic oxidation sites excluding steroid dienone is 4. The largest absolute Gasteiger partial charge is 0.152 e. The molecule has 3 aromatic rings. The topological polar surface area (TPSA) is 0 Å². The average molecular weight is 326 g/mol. The molecule has 1 heterocycles. The molecule has 1 unspecified atom stereocenters. The lowest BCUT2D eigenvalue weighted by Gasteiger charge is -2.16. The summed E-state index contributed by atoms with van der Waals surface area (Å²) in [6.07, 6.45) is 5.70. The molecular formula is C23H18S. The fourth-order valence-corrected chi connectivity index (χ4v) is 4.80. The fourth-order valence-electron chi connectivity index (χ4n) is 4.14. The zero-order chi connectivity index (χ0) is 16.1. The molecule has 0 amide bonds. The molecule has 0 saturated carbocycles. The molecule has 24 heavy (non-hydrogen) atoms. The second-order valence-corrected chi connectivity index (χ2v) is 7.43. The van der Waals surface area contributed by atoms with E-state index < -0.39 is 0 Å². The van der Waals surface area contributed by atoms with Crippen LogP contribution in [0.15, 0.2) is 71.4 Å². The van der Waals surface area contributed by atoms with Crippen LogP contribution in [-0.4, -0.2) is 0 Å². The molecule has 2 aromatic carbocycles. The van der Waals surface area contributed by atoms with Gasteiger partial charge in [0.25, 0.3) is 0 Å². The van der Waals surface area contributed by atoms with Crippen molar-refractivity contribution in [2.45, 2.75) is 13.3 Å². The summed E-state index contributed by atoms with van der Waals surface area (Å²) in [5, 5.41) is 4.43. The van der Waals surface area contributed by atoms with Crippen LogP contribution >= 0.6 is 11.3 Å². The van der Waals surface area contributed by atoms with Crippen LogP contribution < -0.4 is 0 Å². The highest BCUT2D eigenvalue weighted by atomic mass is 32.1. The van der Waals surface area contributed by atoms with E-state index in [1.54, 1.807) is 11.3 Å². The summed E-state index contributed by atoms with van der Waals surface area (Å²) in [6, 6.07) is 17.9. The molecule has 0 bridgehead atoms. The molecular weight excluding hydrogens is 308 g/mol. The maximum Gasteiger partial charge on any atom is 0.000510 e. The van der Waals surface area contributed by atoms with E-state index in [1.165, 1.54) is 44.5 Å². The Labute approximate surface area is 146 Å². The van der Waals surface area contributed by atoms with Crippen LogP contribution in [-0.2, 0) is 6.42 Å². The first-order chi connectivity index (χ1) is 11.8. The summed E-state index contributed by atoms with van der Waals surface area (Å²) in [4.78, 5) is 0. The quantitative estimate of drug-likeness (QED) is 0.398. The number of fused-ring (bicyclic) bond motifs is 3. The Kier molecular flexibility index (Phi) is 3.11. The third-order valence-corrected chi connectivity index (χ3v) is 5.95. The van der Waals surface area contributed by atoms with Crippen LogP contribution in [0.3, 0.4) is 0 Å². The molecule has 116 valence electrons. The second-order valence-electron chi connectivity index (χ2n) is 6.65. The van der Waals surface area contributed by atoms with Gasteiger partial charge in [0.1, 0.15) is 0 Å². The highest BCUT2D eigenvalue weighted by Gasteiger charge is 2.26. The van der Waals surface area contributed by atoms with E-state index >= 15 is 0 Å². The molecule has 0 saturated heterocycles. The normalized spacial score (nSPS) is 18.1. The van der Waals surface area contributed by atoms with Crippen LogP contribution in [0.1, 0.15) is 29.2 Å². The Morgan fingerprint density at radius 2 is 1.75 bits per heavy atom. The highest BCUT2D eigenvalue weighted by molar-refractivity contribution is 7.08. The molecule has 2 aliphatic carbocycles. The molecule has 1 heteroatoms. The van der Waals surface area contributed by atoms with Gasteiger partial charge in [-0.05, 0) is 67.8 Å². The first-order valence-electron chi connectivity index (χ1n) is 8.48. The van der Waals surface area contributed by atoms with E-state index in [-0.39, 0.29) is 0 Å². The number of rotatable bonds is 2. The molecule has 0 nitrogen and oxygen atoms in total. The van der Waals surface area contributed by atoms with Gasteiger partial charge in [0.2, 0.25) is 0 Å². The van der Waals surface area contributed by atoms with E-state index in [1.807, 2.05) is 0 Å². The first kappa shape index (κ1) is 14.0. The molecule has 5 rings (SSSR count). The molecule has 0 radical (unpaired) electrons. The van der Waals surface area contributed by atoms with Crippen molar-refractivity contribution in [3.05, 3.63) is 93.7 Å². The third-order valence-electron chi connectivity index (χ3n) is 5.27. The first-order valence-corrected chi connectivity index (χ1v) is 9.42. The maximum absolute atomic E-state index is 2.34. The molecule has 0 fully saturated rings. The van der Waals surface area contributed by atoms with Crippen molar-refractivity contribution in [3.63, 3.8) is 0 Å². The Balaban J connectivity index is 1.73. The van der Waals surface area contributed by atoms with Crippen molar-refractivity contribution in [3.8, 4) is 11.1 Å². The van der Waals surface area contributed by atoms with E-state index in [0.29, 0.717) is 5.92 Å². The summed E-state index contributed by atoms with van der Waals surface area (Å²) in [5.74, 6) is 0.468. The van der Waals surface area contributed by atoms with Gasteiger partial charge >= 0.3 is 0 Å². The Morgan fingerprint density at radius 1 is 0.917 bits per heavy atom. The Bertz CT molecular complexity index is 987. The zero-order valence-corrected chi connectivity index (χ0v) is 14.4. The van der Waals surface area contributed by atoms with Crippen LogP contribution in [0, 0.1) is 5.92 Å². The van der Waals surface area contributed by atoms with Gasteiger partial charge in [-0.1, -0.05) is 61.5 Å². The van der Waals surface area contributed by atoms with Crippen molar-refractivity contribution in [2.75, 3.05) is 0 Å². The van der Waals surface area contributed by atoms with Gasteiger partial charge in [0.05, 0.1) is 0 Å². The van der Waals surface area contributed by atoms with Gasteiger partial charge in [-0.3, -0.25) is 0 Å². The van der Waals surface area contributed by atoms with Crippen LogP contribution in [0.25, 0.3) is 22.3 Å². The van der Waals surface area contributed by atoms with Gasteiger partial charge in [0.15, 0.2) is 0 Å². The average Bonchev–Trinajstić information content (AvgIpc) is 3.32. The lowest BCUT2D eigenvalue weighted by Crippen LogP contribution is -1.98. The number of hydrogen-bond acceptors (Lipinski definition) is 1. The molecule has 0 aliphatic heterocycles. The van der Waals surface area contributed by atoms with Crippen LogP contribution in [0.4, 0.5) is 0 Å². The van der Waals surface area contributed by atoms with E-state index in [4.69, 9.17) is 0 Å². The maximum atomic E-state index is 2.34. The molecule has 1 aromatic heterocycles. The lowest BCUT2D eigenvalue weighted by atomic mass is 9.87. The number of benzene rings is 2. The van der Waals surface area contributed by atoms with Crippen molar-refractivity contribution in [2.24, 2.45) is 5.92 Å². The minimum Gasteiger partial charge on any atom is -0.152 e. The Hall–Kier alpha value is -2.38. The van der Waals surface area contributed by atoms with Gasteiger partial charge in [0, 0.05) is 5.92 Å². The monoisotopic (exact) mass is 326 g/mol. The standard InChI is InChI=1S/C23H18S/c1-15-9-10-19(17-11-12-24-14-17)23(15)21-8-4-7-20-18-6-3-2-5-16(18)13-22(20)21/h2-12,14-15H,13H2,1H3. The number of thiophene rings is 1. The van der Waals surface area contributed by atoms with Gasteiger partial charge < -0.3 is 0 Å². The molecule has 0 spiro atoms. The van der Waals surface area contributed by atoms with E-state index in [2.05, 4.69) is 78.4 Å². The summed E-state index contributed by atoms with van der Waals surface area (Å²) >= 11 is 1.77. The lowest BCUT2D eigenvalue weighted by molar-refractivity contribution is 0.977. The Morgan fingerprint density at radius 3 is 2.62 bits per heavy atom. The predicted molar refractivity (Wildman–Crippen MR) is 104 cm³/mol. The summed E-state index contributed by atoms with van der Waals surface area (Å²) < 4.78 is 0. The third kappa shape index (κ3) is 1.98. The van der Waals surface area contributed by atoms with Crippen molar-refractivity contribution < 1.29 is 0 Å². The summed E-state index contributed by atoms with van der Waals surface area (Å²) in [7, 11) is 0. The smallest absolute Gasteiger partial charge is 0.000510 e. The van der Waals surface area contributed by atoms with Crippen molar-refractivity contribution in [1.29, 1.82) is 0 Å². The predicted octanol–water partition coefficient (Wildman–Crippen LogP) is 6.44. The molecule has 2 aliphatic rings. The van der Waals surface area contributed by atoms with Crippen LogP contribution in [0.5, 0.6) is 0 Å².